The van der Waals surface area contributed by atoms with Crippen LogP contribution in [0.2, 0.25) is 5.02 Å². The van der Waals surface area contributed by atoms with Crippen molar-refractivity contribution in [2.75, 3.05) is 25.4 Å². The molecule has 1 aliphatic heterocycles. The van der Waals surface area contributed by atoms with Gasteiger partial charge in [-0.05, 0) is 31.9 Å². The molecule has 0 aromatic heterocycles. The predicted molar refractivity (Wildman–Crippen MR) is 79.2 cm³/mol. The van der Waals surface area contributed by atoms with E-state index >= 15 is 0 Å². The molecule has 118 valence electrons. The van der Waals surface area contributed by atoms with E-state index in [1.54, 1.807) is 0 Å². The normalized spacial score (nSPS) is 18.0. The van der Waals surface area contributed by atoms with Crippen LogP contribution in [0, 0.1) is 5.82 Å². The lowest BCUT2D eigenvalue weighted by Gasteiger charge is -2.31. The third kappa shape index (κ3) is 3.48. The fraction of sp³-hybridized carbons (Fsp3) is 0.538. The number of nitrogen functional groups attached to an aromatic ring is 1. The Bertz CT molecular complexity index is 616. The second-order valence-electron chi connectivity index (χ2n) is 4.86. The highest BCUT2D eigenvalue weighted by Gasteiger charge is 2.31. The van der Waals surface area contributed by atoms with Gasteiger partial charge in [-0.15, -0.1) is 0 Å². The summed E-state index contributed by atoms with van der Waals surface area (Å²) in [5.74, 6) is -0.728. The summed E-state index contributed by atoms with van der Waals surface area (Å²) in [5.41, 5.74) is 5.21. The second kappa shape index (κ2) is 6.48. The zero-order chi connectivity index (χ0) is 15.6. The van der Waals surface area contributed by atoms with E-state index in [2.05, 4.69) is 0 Å². The molecule has 1 saturated heterocycles. The molecule has 0 unspecified atom stereocenters. The first-order valence-electron chi connectivity index (χ1n) is 6.72. The molecule has 2 N–H and O–H groups in total. The highest BCUT2D eigenvalue weighted by atomic mass is 35.5. The van der Waals surface area contributed by atoms with Crippen LogP contribution >= 0.6 is 11.6 Å². The summed E-state index contributed by atoms with van der Waals surface area (Å²) in [5, 5.41) is -0.159. The summed E-state index contributed by atoms with van der Waals surface area (Å²) in [4.78, 5) is -0.155. The Morgan fingerprint density at radius 2 is 2.05 bits per heavy atom. The van der Waals surface area contributed by atoms with Crippen LogP contribution in [0.5, 0.6) is 0 Å². The van der Waals surface area contributed by atoms with Gasteiger partial charge in [-0.1, -0.05) is 11.6 Å². The van der Waals surface area contributed by atoms with E-state index in [0.717, 1.165) is 12.1 Å². The van der Waals surface area contributed by atoms with Crippen LogP contribution in [0.3, 0.4) is 0 Å². The number of rotatable bonds is 4. The van der Waals surface area contributed by atoms with E-state index < -0.39 is 15.8 Å². The number of sulfonamides is 1. The first-order valence-corrected chi connectivity index (χ1v) is 8.54. The first-order chi connectivity index (χ1) is 9.86. The zero-order valence-electron chi connectivity index (χ0n) is 11.7. The van der Waals surface area contributed by atoms with Crippen LogP contribution in [0.25, 0.3) is 0 Å². The maximum absolute atomic E-state index is 13.3. The Hall–Kier alpha value is -0.890. The molecule has 0 radical (unpaired) electrons. The van der Waals surface area contributed by atoms with E-state index in [1.165, 1.54) is 4.31 Å². The number of anilines is 1. The smallest absolute Gasteiger partial charge is 0.244 e. The molecular weight excluding hydrogens is 319 g/mol. The monoisotopic (exact) mass is 336 g/mol. The summed E-state index contributed by atoms with van der Waals surface area (Å²) in [6.45, 7) is 3.21. The highest BCUT2D eigenvalue weighted by Crippen LogP contribution is 2.30. The van der Waals surface area contributed by atoms with Crippen molar-refractivity contribution in [2.45, 2.75) is 30.8 Å². The van der Waals surface area contributed by atoms with Crippen LogP contribution in [0.1, 0.15) is 19.8 Å². The van der Waals surface area contributed by atoms with E-state index in [-0.39, 0.29) is 21.7 Å². The number of hydrogen-bond acceptors (Lipinski definition) is 4. The molecule has 0 bridgehead atoms. The van der Waals surface area contributed by atoms with Crippen molar-refractivity contribution in [2.24, 2.45) is 0 Å². The van der Waals surface area contributed by atoms with E-state index in [1.807, 2.05) is 6.92 Å². The van der Waals surface area contributed by atoms with Crippen LogP contribution in [-0.4, -0.2) is 38.5 Å². The summed E-state index contributed by atoms with van der Waals surface area (Å²) >= 11 is 5.86. The van der Waals surface area contributed by atoms with Crippen LogP contribution in [0.15, 0.2) is 17.0 Å². The van der Waals surface area contributed by atoms with Crippen molar-refractivity contribution in [1.29, 1.82) is 0 Å². The number of nitrogens with zero attached hydrogens (tertiary/aromatic N) is 1. The summed E-state index contributed by atoms with van der Waals surface area (Å²) in [6, 6.07) is 2.00. The first kappa shape index (κ1) is 16.5. The lowest BCUT2D eigenvalue weighted by Crippen LogP contribution is -2.41. The van der Waals surface area contributed by atoms with Crippen molar-refractivity contribution in [3.05, 3.63) is 23.0 Å². The fourth-order valence-corrected chi connectivity index (χ4v) is 4.35. The van der Waals surface area contributed by atoms with Crippen molar-refractivity contribution < 1.29 is 17.5 Å². The van der Waals surface area contributed by atoms with Gasteiger partial charge >= 0.3 is 0 Å². The molecule has 2 rings (SSSR count). The number of benzene rings is 1. The van der Waals surface area contributed by atoms with Gasteiger partial charge in [0.1, 0.15) is 10.7 Å². The Labute approximate surface area is 128 Å². The average Bonchev–Trinajstić information content (AvgIpc) is 2.43. The summed E-state index contributed by atoms with van der Waals surface area (Å²) in [6.07, 6.45) is 1.33. The molecule has 1 aromatic carbocycles. The average molecular weight is 337 g/mol. The molecule has 0 aliphatic carbocycles. The Morgan fingerprint density at radius 1 is 1.43 bits per heavy atom. The molecule has 21 heavy (non-hydrogen) atoms. The SMILES string of the molecule is CCOC1CCN(S(=O)(=O)c2cc(N)c(F)cc2Cl)CC1. The molecule has 0 saturated carbocycles. The molecule has 5 nitrogen and oxygen atoms in total. The standard InChI is InChI=1S/C13H18ClFN2O3S/c1-2-20-9-3-5-17(6-4-9)21(18,19)13-8-12(16)11(15)7-10(13)14/h7-9H,2-6,16H2,1H3. The molecular formula is C13H18ClFN2O3S. The minimum atomic E-state index is -3.77. The highest BCUT2D eigenvalue weighted by molar-refractivity contribution is 7.89. The maximum Gasteiger partial charge on any atom is 0.244 e. The summed E-state index contributed by atoms with van der Waals surface area (Å²) < 4.78 is 45.2. The molecule has 1 aromatic rings. The van der Waals surface area contributed by atoms with E-state index in [9.17, 15) is 12.8 Å². The minimum absolute atomic E-state index is 0.0789. The number of piperidine rings is 1. The van der Waals surface area contributed by atoms with E-state index in [4.69, 9.17) is 22.1 Å². The maximum atomic E-state index is 13.3. The van der Waals surface area contributed by atoms with Gasteiger partial charge in [0, 0.05) is 19.7 Å². The van der Waals surface area contributed by atoms with Gasteiger partial charge in [0.05, 0.1) is 16.8 Å². The number of hydrogen-bond donors (Lipinski definition) is 1. The Kier molecular flexibility index (Phi) is 5.08. The van der Waals surface area contributed by atoms with Crippen molar-refractivity contribution in [3.8, 4) is 0 Å². The van der Waals surface area contributed by atoms with Gasteiger partial charge in [0.2, 0.25) is 10.0 Å². The molecule has 0 amide bonds. The third-order valence-electron chi connectivity index (χ3n) is 3.47. The topological polar surface area (TPSA) is 72.6 Å². The molecule has 1 fully saturated rings. The minimum Gasteiger partial charge on any atom is -0.396 e. The quantitative estimate of drug-likeness (QED) is 0.856. The van der Waals surface area contributed by atoms with Gasteiger partial charge in [-0.25, -0.2) is 12.8 Å². The molecule has 0 spiro atoms. The Balaban J connectivity index is 2.22. The predicted octanol–water partition coefficient (Wildman–Crippen LogP) is 2.25. The Morgan fingerprint density at radius 3 is 2.62 bits per heavy atom. The van der Waals surface area contributed by atoms with Crippen molar-refractivity contribution >= 4 is 27.3 Å². The fourth-order valence-electron chi connectivity index (χ4n) is 2.36. The largest absolute Gasteiger partial charge is 0.396 e. The van der Waals surface area contributed by atoms with Gasteiger partial charge in [0.15, 0.2) is 0 Å². The van der Waals surface area contributed by atoms with Gasteiger partial charge < -0.3 is 10.5 Å². The molecule has 1 heterocycles. The van der Waals surface area contributed by atoms with Crippen molar-refractivity contribution in [3.63, 3.8) is 0 Å². The van der Waals surface area contributed by atoms with Gasteiger partial charge in [-0.2, -0.15) is 4.31 Å². The van der Waals surface area contributed by atoms with Crippen LogP contribution in [-0.2, 0) is 14.8 Å². The second-order valence-corrected chi connectivity index (χ2v) is 7.18. The zero-order valence-corrected chi connectivity index (χ0v) is 13.3. The number of halogens is 2. The van der Waals surface area contributed by atoms with Crippen LogP contribution in [0.4, 0.5) is 10.1 Å². The lowest BCUT2D eigenvalue weighted by atomic mass is 10.1. The van der Waals surface area contributed by atoms with E-state index in [0.29, 0.717) is 32.5 Å². The molecule has 8 heteroatoms. The van der Waals surface area contributed by atoms with Crippen LogP contribution < -0.4 is 5.73 Å². The molecule has 0 atom stereocenters. The molecule has 1 aliphatic rings. The number of ether oxygens (including phenoxy) is 1. The van der Waals surface area contributed by atoms with Gasteiger partial charge in [0.25, 0.3) is 0 Å². The summed E-state index contributed by atoms with van der Waals surface area (Å²) in [7, 11) is -3.77. The lowest BCUT2D eigenvalue weighted by molar-refractivity contribution is 0.0290. The van der Waals surface area contributed by atoms with Gasteiger partial charge in [-0.3, -0.25) is 0 Å². The third-order valence-corrected chi connectivity index (χ3v) is 5.84. The number of nitrogens with two attached hydrogens (primary N) is 1. The van der Waals surface area contributed by atoms with Crippen molar-refractivity contribution in [1.82, 2.24) is 4.31 Å².